The number of hydrogen-bond acceptors (Lipinski definition) is 0. The Labute approximate surface area is 72.4 Å². The summed E-state index contributed by atoms with van der Waals surface area (Å²) >= 11 is 0. The number of hydrogen-bond donors (Lipinski definition) is 0. The van der Waals surface area contributed by atoms with Gasteiger partial charge in [-0.2, -0.15) is 0 Å². The van der Waals surface area contributed by atoms with E-state index in [1.807, 2.05) is 13.8 Å². The highest BCUT2D eigenvalue weighted by molar-refractivity contribution is 4.75. The van der Waals surface area contributed by atoms with Crippen LogP contribution in [0.25, 0.3) is 0 Å². The van der Waals surface area contributed by atoms with Crippen molar-refractivity contribution in [2.45, 2.75) is 53.9 Å². The molecule has 2 unspecified atom stereocenters. The van der Waals surface area contributed by atoms with Gasteiger partial charge in [-0.1, -0.05) is 47.5 Å². The molecule has 0 N–H and O–H groups in total. The second kappa shape index (κ2) is 5.62. The van der Waals surface area contributed by atoms with Gasteiger partial charge in [-0.25, -0.2) is 0 Å². The molecule has 1 saturated carbocycles. The third-order valence-electron chi connectivity index (χ3n) is 2.78. The molecule has 1 fully saturated rings. The van der Waals surface area contributed by atoms with E-state index >= 15 is 0 Å². The molecule has 0 spiro atoms. The topological polar surface area (TPSA) is 0 Å². The molecule has 0 radical (unpaired) electrons. The van der Waals surface area contributed by atoms with Crippen LogP contribution in [0.15, 0.2) is 0 Å². The van der Waals surface area contributed by atoms with E-state index in [1.54, 1.807) is 0 Å². The van der Waals surface area contributed by atoms with Gasteiger partial charge in [0.1, 0.15) is 0 Å². The minimum Gasteiger partial charge on any atom is -0.0683 e. The van der Waals surface area contributed by atoms with Crippen LogP contribution in [0, 0.1) is 17.8 Å². The molecule has 0 nitrogen and oxygen atoms in total. The van der Waals surface area contributed by atoms with E-state index in [9.17, 15) is 0 Å². The minimum atomic E-state index is 0.919. The lowest BCUT2D eigenvalue weighted by Gasteiger charge is -2.18. The largest absolute Gasteiger partial charge is 0.0683 e. The highest BCUT2D eigenvalue weighted by Gasteiger charge is 2.25. The SMILES string of the molecule is CC.CC(C)C1CCCC1C. The van der Waals surface area contributed by atoms with Crippen molar-refractivity contribution < 1.29 is 0 Å². The van der Waals surface area contributed by atoms with Crippen LogP contribution in [0.5, 0.6) is 0 Å². The van der Waals surface area contributed by atoms with Crippen molar-refractivity contribution in [2.24, 2.45) is 17.8 Å². The Morgan fingerprint density at radius 1 is 1.09 bits per heavy atom. The molecule has 0 heterocycles. The quantitative estimate of drug-likeness (QED) is 0.536. The lowest BCUT2D eigenvalue weighted by molar-refractivity contribution is 0.314. The summed E-state index contributed by atoms with van der Waals surface area (Å²) in [6.07, 6.45) is 4.44. The normalized spacial score (nSPS) is 30.0. The Kier molecular flexibility index (Phi) is 5.62. The van der Waals surface area contributed by atoms with Crippen LogP contribution >= 0.6 is 0 Å². The maximum atomic E-state index is 2.40. The highest BCUT2D eigenvalue weighted by Crippen LogP contribution is 2.35. The molecule has 11 heavy (non-hydrogen) atoms. The van der Waals surface area contributed by atoms with E-state index in [2.05, 4.69) is 20.8 Å². The standard InChI is InChI=1S/C9H18.C2H6/c1-7(2)9-6-4-5-8(9)3;1-2/h7-9H,4-6H2,1-3H3;1-2H3. The van der Waals surface area contributed by atoms with Gasteiger partial charge in [0.25, 0.3) is 0 Å². The van der Waals surface area contributed by atoms with Crippen molar-refractivity contribution in [3.63, 3.8) is 0 Å². The van der Waals surface area contributed by atoms with E-state index in [0.717, 1.165) is 17.8 Å². The first-order valence-electron chi connectivity index (χ1n) is 5.22. The summed E-state index contributed by atoms with van der Waals surface area (Å²) in [5.41, 5.74) is 0. The van der Waals surface area contributed by atoms with Gasteiger partial charge in [0.05, 0.1) is 0 Å². The van der Waals surface area contributed by atoms with E-state index in [0.29, 0.717) is 0 Å². The van der Waals surface area contributed by atoms with E-state index in [-0.39, 0.29) is 0 Å². The van der Waals surface area contributed by atoms with Crippen LogP contribution < -0.4 is 0 Å². The van der Waals surface area contributed by atoms with Crippen LogP contribution in [-0.2, 0) is 0 Å². The summed E-state index contributed by atoms with van der Waals surface area (Å²) in [4.78, 5) is 0. The molecule has 0 aromatic heterocycles. The Morgan fingerprint density at radius 3 is 1.82 bits per heavy atom. The van der Waals surface area contributed by atoms with Gasteiger partial charge in [0.15, 0.2) is 0 Å². The molecule has 0 amide bonds. The molecule has 0 aromatic rings. The van der Waals surface area contributed by atoms with E-state index in [4.69, 9.17) is 0 Å². The van der Waals surface area contributed by atoms with Gasteiger partial charge in [0.2, 0.25) is 0 Å². The molecule has 1 aliphatic rings. The third kappa shape index (κ3) is 3.27. The van der Waals surface area contributed by atoms with Crippen LogP contribution in [0.2, 0.25) is 0 Å². The third-order valence-corrected chi connectivity index (χ3v) is 2.78. The van der Waals surface area contributed by atoms with Gasteiger partial charge >= 0.3 is 0 Å². The van der Waals surface area contributed by atoms with Gasteiger partial charge in [0, 0.05) is 0 Å². The molecule has 0 heteroatoms. The Morgan fingerprint density at radius 2 is 1.64 bits per heavy atom. The first-order chi connectivity index (χ1) is 5.22. The summed E-state index contributed by atoms with van der Waals surface area (Å²) < 4.78 is 0. The maximum absolute atomic E-state index is 2.40. The predicted octanol–water partition coefficient (Wildman–Crippen LogP) is 4.10. The van der Waals surface area contributed by atoms with Crippen LogP contribution in [0.1, 0.15) is 53.9 Å². The first-order valence-corrected chi connectivity index (χ1v) is 5.22. The molecule has 0 aliphatic heterocycles. The molecule has 1 aliphatic carbocycles. The van der Waals surface area contributed by atoms with Crippen LogP contribution in [-0.4, -0.2) is 0 Å². The zero-order valence-electron chi connectivity index (χ0n) is 8.85. The first kappa shape index (κ1) is 11.0. The molecule has 0 saturated heterocycles. The molecule has 2 atom stereocenters. The van der Waals surface area contributed by atoms with Crippen molar-refractivity contribution in [2.75, 3.05) is 0 Å². The molecule has 0 aromatic carbocycles. The number of rotatable bonds is 1. The minimum absolute atomic E-state index is 0.919. The molecule has 0 bridgehead atoms. The smallest absolute Gasteiger partial charge is 0.0365 e. The second-order valence-corrected chi connectivity index (χ2v) is 3.82. The van der Waals surface area contributed by atoms with E-state index in [1.165, 1.54) is 19.3 Å². The fourth-order valence-corrected chi connectivity index (χ4v) is 2.16. The molecule has 68 valence electrons. The lowest BCUT2D eigenvalue weighted by Crippen LogP contribution is -2.10. The van der Waals surface area contributed by atoms with Crippen LogP contribution in [0.3, 0.4) is 0 Å². The van der Waals surface area contributed by atoms with Crippen molar-refractivity contribution in [1.29, 1.82) is 0 Å². The predicted molar refractivity (Wildman–Crippen MR) is 52.7 cm³/mol. The van der Waals surface area contributed by atoms with Gasteiger partial charge in [-0.3, -0.25) is 0 Å². The molecule has 1 rings (SSSR count). The monoisotopic (exact) mass is 156 g/mol. The van der Waals surface area contributed by atoms with Gasteiger partial charge in [-0.05, 0) is 24.2 Å². The molecular weight excluding hydrogens is 132 g/mol. The van der Waals surface area contributed by atoms with Crippen LogP contribution in [0.4, 0.5) is 0 Å². The summed E-state index contributed by atoms with van der Waals surface area (Å²) in [5, 5.41) is 0. The fourth-order valence-electron chi connectivity index (χ4n) is 2.16. The summed E-state index contributed by atoms with van der Waals surface area (Å²) in [6.45, 7) is 11.1. The summed E-state index contributed by atoms with van der Waals surface area (Å²) in [7, 11) is 0. The Hall–Kier alpha value is 0. The van der Waals surface area contributed by atoms with Crippen molar-refractivity contribution in [3.8, 4) is 0 Å². The van der Waals surface area contributed by atoms with Crippen molar-refractivity contribution in [3.05, 3.63) is 0 Å². The van der Waals surface area contributed by atoms with Crippen molar-refractivity contribution >= 4 is 0 Å². The van der Waals surface area contributed by atoms with Crippen molar-refractivity contribution in [1.82, 2.24) is 0 Å². The van der Waals surface area contributed by atoms with E-state index < -0.39 is 0 Å². The Bertz CT molecular complexity index is 84.0. The summed E-state index contributed by atoms with van der Waals surface area (Å²) in [6, 6.07) is 0. The molecular formula is C11H24. The average molecular weight is 156 g/mol. The fraction of sp³-hybridized carbons (Fsp3) is 1.00. The lowest BCUT2D eigenvalue weighted by atomic mass is 9.87. The maximum Gasteiger partial charge on any atom is -0.0365 e. The summed E-state index contributed by atoms with van der Waals surface area (Å²) in [5.74, 6) is 2.96. The Balaban J connectivity index is 0.000000461. The van der Waals surface area contributed by atoms with Gasteiger partial charge < -0.3 is 0 Å². The van der Waals surface area contributed by atoms with Gasteiger partial charge in [-0.15, -0.1) is 0 Å². The zero-order chi connectivity index (χ0) is 8.85. The second-order valence-electron chi connectivity index (χ2n) is 3.82. The zero-order valence-corrected chi connectivity index (χ0v) is 8.85. The highest BCUT2D eigenvalue weighted by atomic mass is 14.3. The average Bonchev–Trinajstić information content (AvgIpc) is 2.39.